The van der Waals surface area contributed by atoms with Gasteiger partial charge in [0, 0.05) is 35.9 Å². The fourth-order valence-electron chi connectivity index (χ4n) is 7.92. The number of aromatic hydroxyl groups is 1. The Balaban J connectivity index is 0.000000451. The molecule has 3 N–H and O–H groups in total. The highest BCUT2D eigenvalue weighted by molar-refractivity contribution is 5.96. The van der Waals surface area contributed by atoms with Crippen LogP contribution in [0.2, 0.25) is 0 Å². The van der Waals surface area contributed by atoms with Gasteiger partial charge in [0.05, 0.1) is 84.2 Å². The minimum atomic E-state index is -4.59. The highest BCUT2D eigenvalue weighted by Gasteiger charge is 2.36. The summed E-state index contributed by atoms with van der Waals surface area (Å²) in [5.74, 6) is -6.48. The number of hydrogen-bond acceptors (Lipinski definition) is 13. The Morgan fingerprint density at radius 2 is 0.798 bits per heavy atom. The Kier molecular flexibility index (Phi) is 33.7. The second-order valence-electron chi connectivity index (χ2n) is 23.1. The zero-order valence-electron chi connectivity index (χ0n) is 58.3. The summed E-state index contributed by atoms with van der Waals surface area (Å²) in [6.45, 7) is 19.6. The summed E-state index contributed by atoms with van der Waals surface area (Å²) in [7, 11) is 3.86. The second kappa shape index (κ2) is 39.0. The predicted molar refractivity (Wildman–Crippen MR) is 346 cm³/mol. The lowest BCUT2D eigenvalue weighted by Crippen LogP contribution is -2.26. The number of benzene rings is 6. The molecule has 0 saturated heterocycles. The van der Waals surface area contributed by atoms with E-state index in [4.69, 9.17) is 38.7 Å². The van der Waals surface area contributed by atoms with Gasteiger partial charge in [0.1, 0.15) is 51.5 Å². The number of ether oxygens (including phenoxy) is 6. The Morgan fingerprint density at radius 3 is 1.14 bits per heavy atom. The van der Waals surface area contributed by atoms with Gasteiger partial charge in [-0.1, -0.05) is 12.1 Å². The molecule has 0 saturated carbocycles. The maximum atomic E-state index is 13.7. The van der Waals surface area contributed by atoms with Crippen molar-refractivity contribution in [1.82, 2.24) is 10.4 Å². The molecule has 0 aromatic heterocycles. The van der Waals surface area contributed by atoms with Crippen molar-refractivity contribution in [2.45, 2.75) is 151 Å². The van der Waals surface area contributed by atoms with Gasteiger partial charge in [-0.3, -0.25) is 14.4 Å². The van der Waals surface area contributed by atoms with Crippen molar-refractivity contribution in [3.63, 3.8) is 0 Å². The van der Waals surface area contributed by atoms with Crippen molar-refractivity contribution >= 4 is 41.9 Å². The molecule has 0 spiro atoms. The van der Waals surface area contributed by atoms with Crippen LogP contribution in [0.15, 0.2) is 115 Å². The summed E-state index contributed by atoms with van der Waals surface area (Å²) < 4.78 is 247. The van der Waals surface area contributed by atoms with E-state index in [1.54, 1.807) is 76.2 Å². The number of carboxylic acid groups (broad SMARTS) is 1. The van der Waals surface area contributed by atoms with Crippen molar-refractivity contribution < 1.29 is 142 Å². The van der Waals surface area contributed by atoms with E-state index in [1.165, 1.54) is 52.5 Å². The number of alkyl halides is 15. The number of carbonyl (C=O) groups is 5. The van der Waals surface area contributed by atoms with E-state index >= 15 is 0 Å². The highest BCUT2D eigenvalue weighted by Crippen LogP contribution is 2.39. The van der Waals surface area contributed by atoms with Gasteiger partial charge >= 0.3 is 48.8 Å². The van der Waals surface area contributed by atoms with Gasteiger partial charge in [-0.2, -0.15) is 65.9 Å². The first-order valence-corrected chi connectivity index (χ1v) is 30.6. The van der Waals surface area contributed by atoms with Crippen molar-refractivity contribution in [2.75, 3.05) is 21.3 Å². The van der Waals surface area contributed by atoms with Gasteiger partial charge in [-0.15, -0.1) is 0 Å². The summed E-state index contributed by atoms with van der Waals surface area (Å²) >= 11 is 0. The summed E-state index contributed by atoms with van der Waals surface area (Å²) in [4.78, 5) is 62.1. The van der Waals surface area contributed by atoms with Gasteiger partial charge in [-0.05, 0) is 192 Å². The quantitative estimate of drug-likeness (QED) is 0.0299. The maximum absolute atomic E-state index is 13.7. The Bertz CT molecular complexity index is 3910. The summed E-state index contributed by atoms with van der Waals surface area (Å²) in [6.07, 6.45) is -19.4. The molecule has 6 aromatic carbocycles. The van der Waals surface area contributed by atoms with E-state index < -0.39 is 117 Å². The van der Waals surface area contributed by atoms with Crippen LogP contribution in [0.25, 0.3) is 12.2 Å². The third-order valence-corrected chi connectivity index (χ3v) is 12.8. The largest absolute Gasteiger partial charge is 0.507 e. The van der Waals surface area contributed by atoms with Gasteiger partial charge < -0.3 is 44.0 Å². The smallest absolute Gasteiger partial charge is 0.416 e. The number of aromatic carboxylic acids is 1. The number of carbonyl (C=O) groups excluding carboxylic acids is 4. The number of nitrogens with one attached hydrogen (secondary N) is 1. The van der Waals surface area contributed by atoms with E-state index in [9.17, 15) is 98.6 Å². The van der Waals surface area contributed by atoms with Crippen molar-refractivity contribution in [3.8, 4) is 28.7 Å². The van der Waals surface area contributed by atoms with Crippen LogP contribution in [0.3, 0.4) is 0 Å². The van der Waals surface area contributed by atoms with Gasteiger partial charge in [0.2, 0.25) is 5.91 Å². The Labute approximate surface area is 586 Å². The molecule has 6 rings (SSSR count). The zero-order chi connectivity index (χ0) is 79.9. The van der Waals surface area contributed by atoms with Crippen LogP contribution >= 0.6 is 0 Å². The maximum Gasteiger partial charge on any atom is 0.416 e. The van der Waals surface area contributed by atoms with E-state index in [-0.39, 0.29) is 81.3 Å². The Hall–Kier alpha value is -10.1. The number of halogens is 17. The molecule has 104 heavy (non-hydrogen) atoms. The number of methoxy groups -OCH3 is 1. The molecule has 0 aliphatic rings. The van der Waals surface area contributed by atoms with Crippen LogP contribution in [0.5, 0.6) is 28.7 Å². The summed E-state index contributed by atoms with van der Waals surface area (Å²) in [6, 6.07) is 14.8. The van der Waals surface area contributed by atoms with Crippen LogP contribution < -0.4 is 24.3 Å². The predicted octanol–water partition coefficient (Wildman–Crippen LogP) is 18.9. The number of carboxylic acids is 1. The molecule has 16 nitrogen and oxygen atoms in total. The molecule has 2 amide bonds. The molecule has 33 heteroatoms. The lowest BCUT2D eigenvalue weighted by Gasteiger charge is -2.19. The van der Waals surface area contributed by atoms with Crippen molar-refractivity contribution in [3.05, 3.63) is 194 Å². The topological polar surface area (TPSA) is 206 Å². The fraction of sp³-hybridized carbons (Fsp3) is 0.366. The van der Waals surface area contributed by atoms with Gasteiger partial charge in [0.15, 0.2) is 0 Å². The number of esters is 2. The summed E-state index contributed by atoms with van der Waals surface area (Å²) in [5, 5.41) is 20.8. The molecule has 0 heterocycles. The fourth-order valence-corrected chi connectivity index (χ4v) is 7.92. The monoisotopic (exact) mass is 1500 g/mol. The normalized spacial score (nSPS) is 12.1. The van der Waals surface area contributed by atoms with E-state index in [2.05, 4.69) is 10.1 Å². The molecule has 0 fully saturated rings. The number of amides is 2. The van der Waals surface area contributed by atoms with Crippen molar-refractivity contribution in [2.24, 2.45) is 0 Å². The molecule has 1 atom stereocenters. The van der Waals surface area contributed by atoms with Crippen LogP contribution in [0, 0.1) is 18.6 Å². The molecule has 6 aromatic rings. The molecule has 0 aliphatic heterocycles. The molecule has 0 bridgehead atoms. The van der Waals surface area contributed by atoms with Crippen LogP contribution in [-0.2, 0) is 54.8 Å². The highest BCUT2D eigenvalue weighted by atomic mass is 19.4. The average molecular weight is 1500 g/mol. The number of nitrogens with zero attached hydrogens (tertiary/aromatic N) is 1. The first kappa shape index (κ1) is 90.0. The van der Waals surface area contributed by atoms with Crippen LogP contribution in [0.1, 0.15) is 163 Å². The zero-order valence-corrected chi connectivity index (χ0v) is 58.3. The molecule has 0 aliphatic carbocycles. The SMILES string of the molecule is CC(C)OC(=O)c1ccc(C(F)(F)F)cc1OC(C)C.COC(=O)/C=C/c1ccc(C(F)(F)F)cc1OC(C)C.CON(C)C(=O)c1ccc(C(F)(F)F)cc1OC(C)C.Cc1c(F)cc([C@@H](C)NC(=O)/C=C/c2ccc(C(F)(F)F)cc2OC(C)C)cc1F.O=C(O)c1ccc(C(F)(F)F)cc1O. The van der Waals surface area contributed by atoms with Gasteiger partial charge in [-0.25, -0.2) is 28.2 Å². The number of hydroxylamine groups is 2. The lowest BCUT2D eigenvalue weighted by molar-refractivity contribution is -0.138. The van der Waals surface area contributed by atoms with Crippen LogP contribution in [-0.4, -0.2) is 96.8 Å². The van der Waals surface area contributed by atoms with Crippen molar-refractivity contribution in [1.29, 1.82) is 0 Å². The minimum Gasteiger partial charge on any atom is -0.507 e. The third kappa shape index (κ3) is 30.1. The number of rotatable bonds is 19. The average Bonchev–Trinajstić information content (AvgIpc) is 0.792. The molecule has 572 valence electrons. The first-order valence-electron chi connectivity index (χ1n) is 30.6. The summed E-state index contributed by atoms with van der Waals surface area (Å²) in [5.41, 5.74) is -4.26. The first-order chi connectivity index (χ1) is 47.7. The Morgan fingerprint density at radius 1 is 0.462 bits per heavy atom. The lowest BCUT2D eigenvalue weighted by atomic mass is 10.1. The standard InChI is InChI=1S/C22H22F5NO2.C14H17F3O3.C14H15F3O3.C13H16F3NO3.C8H5F3O3/c1-12(2)30-20-11-17(22(25,26)27)7-5-15(20)6-8-21(29)28-14(4)16-9-18(23)13(3)19(24)10-16;1-8(2)19-12-7-10(14(15,16)17)5-6-11(12)13(18)20-9(3)4;1-9(2)20-12-8-11(14(15,16)17)6-4-10(12)5-7-13(18)19-3;1-8(2)20-11-7-9(13(14,15)16)5-6-10(11)12(18)17(3)19-4;9-8(10,11)4-1-2-5(7(13)14)6(12)3-4/h5-12,14H,1-4H3,(H,28,29);5-9H,1-4H3;4-9H,1-3H3;5-8H,1-4H3;1-3,12H,(H,13,14)/b8-6+;;7-5+;;/t14-;;;;/m1..../s1. The van der Waals surface area contributed by atoms with Crippen LogP contribution in [0.4, 0.5) is 74.6 Å². The van der Waals surface area contributed by atoms with E-state index in [0.29, 0.717) is 23.8 Å². The third-order valence-electron chi connectivity index (χ3n) is 12.8. The number of phenols is 1. The minimum absolute atomic E-state index is 0.0102. The molecular weight excluding hydrogens is 1430 g/mol. The second-order valence-corrected chi connectivity index (χ2v) is 23.1. The molecule has 0 unspecified atom stereocenters. The molecular formula is C71H75F17N2O14. The van der Waals surface area contributed by atoms with E-state index in [1.807, 2.05) is 0 Å². The number of hydrogen-bond donors (Lipinski definition) is 3. The van der Waals surface area contributed by atoms with E-state index in [0.717, 1.165) is 90.0 Å². The van der Waals surface area contributed by atoms with Gasteiger partial charge in [0.25, 0.3) is 5.91 Å². The molecule has 0 radical (unpaired) electrons.